The molecule has 0 radical (unpaired) electrons. The fourth-order valence-electron chi connectivity index (χ4n) is 3.99. The van der Waals surface area contributed by atoms with Gasteiger partial charge in [-0.15, -0.1) is 0 Å². The number of carbonyl (C=O) groups excluding carboxylic acids is 2. The van der Waals surface area contributed by atoms with Crippen LogP contribution in [0.4, 0.5) is 22.0 Å². The van der Waals surface area contributed by atoms with E-state index in [1.165, 1.54) is 18.3 Å². The van der Waals surface area contributed by atoms with Crippen molar-refractivity contribution >= 4 is 22.6 Å². The average molecular weight is 488 g/mol. The van der Waals surface area contributed by atoms with Gasteiger partial charge in [0.15, 0.2) is 5.78 Å². The summed E-state index contributed by atoms with van der Waals surface area (Å²) in [7, 11) is 0. The number of aromatic nitrogens is 2. The smallest absolute Gasteiger partial charge is 0.320 e. The maximum Gasteiger partial charge on any atom is 0.433 e. The van der Waals surface area contributed by atoms with E-state index in [-0.39, 0.29) is 18.4 Å². The summed E-state index contributed by atoms with van der Waals surface area (Å²) < 4.78 is 65.6. The third kappa shape index (κ3) is 5.11. The first-order valence-electron chi connectivity index (χ1n) is 10.5. The first-order chi connectivity index (χ1) is 16.5. The van der Waals surface area contributed by atoms with Gasteiger partial charge in [0.2, 0.25) is 5.91 Å². The molecule has 35 heavy (non-hydrogen) atoms. The largest absolute Gasteiger partial charge is 0.433 e. The summed E-state index contributed by atoms with van der Waals surface area (Å²) in [5, 5.41) is 9.48. The first kappa shape index (κ1) is 24.2. The molecule has 2 aromatic heterocycles. The SMILES string of the molecule is N#C[C@@H]1CC(F)(F)CN1C(=O)CCC(=O)c1ccnc2ccc(-c3ccc(C(F)(F)F)nc3)cc12. The minimum atomic E-state index is -4.57. The number of amides is 1. The highest BCUT2D eigenvalue weighted by Crippen LogP contribution is 2.33. The van der Waals surface area contributed by atoms with Gasteiger partial charge in [0, 0.05) is 48.2 Å². The van der Waals surface area contributed by atoms with Gasteiger partial charge in [0.25, 0.3) is 5.92 Å². The lowest BCUT2D eigenvalue weighted by atomic mass is 9.98. The van der Waals surface area contributed by atoms with Crippen molar-refractivity contribution in [1.82, 2.24) is 14.9 Å². The van der Waals surface area contributed by atoms with E-state index in [2.05, 4.69) is 9.97 Å². The quantitative estimate of drug-likeness (QED) is 0.371. The second kappa shape index (κ2) is 9.02. The van der Waals surface area contributed by atoms with Gasteiger partial charge in [-0.05, 0) is 29.8 Å². The van der Waals surface area contributed by atoms with Crippen molar-refractivity contribution in [2.24, 2.45) is 0 Å². The van der Waals surface area contributed by atoms with Crippen LogP contribution in [0.25, 0.3) is 22.0 Å². The number of likely N-dealkylation sites (tertiary alicyclic amines) is 1. The molecule has 1 aliphatic heterocycles. The molecule has 0 spiro atoms. The molecule has 1 aromatic carbocycles. The van der Waals surface area contributed by atoms with E-state index >= 15 is 0 Å². The molecule has 0 bridgehead atoms. The molecule has 1 saturated heterocycles. The highest BCUT2D eigenvalue weighted by molar-refractivity contribution is 6.08. The van der Waals surface area contributed by atoms with Gasteiger partial charge in [-0.25, -0.2) is 8.78 Å². The molecule has 0 N–H and O–H groups in total. The van der Waals surface area contributed by atoms with Crippen molar-refractivity contribution in [1.29, 1.82) is 5.26 Å². The van der Waals surface area contributed by atoms with Crippen molar-refractivity contribution < 1.29 is 31.5 Å². The average Bonchev–Trinajstić information content (AvgIpc) is 3.15. The third-order valence-electron chi connectivity index (χ3n) is 5.73. The fraction of sp³-hybridized carbons (Fsp3) is 0.292. The number of Topliss-reactive ketones (excluding diaryl/α,β-unsaturated/α-hetero) is 1. The molecule has 1 amide bonds. The Hall–Kier alpha value is -3.94. The van der Waals surface area contributed by atoms with Gasteiger partial charge in [0.05, 0.1) is 18.1 Å². The predicted molar refractivity (Wildman–Crippen MR) is 114 cm³/mol. The Labute approximate surface area is 196 Å². The number of fused-ring (bicyclic) bond motifs is 1. The van der Waals surface area contributed by atoms with Gasteiger partial charge >= 0.3 is 6.18 Å². The van der Waals surface area contributed by atoms with Crippen LogP contribution in [-0.4, -0.2) is 45.1 Å². The number of carbonyl (C=O) groups is 2. The van der Waals surface area contributed by atoms with Crippen molar-refractivity contribution in [3.63, 3.8) is 0 Å². The summed E-state index contributed by atoms with van der Waals surface area (Å²) in [6, 6.07) is 8.86. The zero-order valence-corrected chi connectivity index (χ0v) is 18.0. The van der Waals surface area contributed by atoms with Crippen LogP contribution >= 0.6 is 0 Å². The zero-order valence-electron chi connectivity index (χ0n) is 18.0. The maximum atomic E-state index is 13.6. The first-order valence-corrected chi connectivity index (χ1v) is 10.5. The van der Waals surface area contributed by atoms with E-state index in [4.69, 9.17) is 5.26 Å². The summed E-state index contributed by atoms with van der Waals surface area (Å²) in [5.74, 6) is -4.30. The molecule has 3 heterocycles. The summed E-state index contributed by atoms with van der Waals surface area (Å²) in [6.07, 6.45) is -3.44. The summed E-state index contributed by atoms with van der Waals surface area (Å²) in [6.45, 7) is -0.860. The maximum absolute atomic E-state index is 13.6. The Kier molecular flexibility index (Phi) is 6.23. The Bertz CT molecular complexity index is 1330. The van der Waals surface area contributed by atoms with Crippen molar-refractivity contribution in [3.8, 4) is 17.2 Å². The van der Waals surface area contributed by atoms with Crippen LogP contribution in [0.2, 0.25) is 0 Å². The second-order valence-electron chi connectivity index (χ2n) is 8.17. The van der Waals surface area contributed by atoms with Crippen LogP contribution in [0.3, 0.4) is 0 Å². The number of nitriles is 1. The van der Waals surface area contributed by atoms with Crippen molar-refractivity contribution in [3.05, 3.63) is 60.0 Å². The fourth-order valence-corrected chi connectivity index (χ4v) is 3.99. The van der Waals surface area contributed by atoms with Gasteiger partial charge < -0.3 is 4.90 Å². The number of ketones is 1. The number of hydrogen-bond acceptors (Lipinski definition) is 5. The van der Waals surface area contributed by atoms with Crippen LogP contribution in [0.5, 0.6) is 0 Å². The Balaban J connectivity index is 1.55. The lowest BCUT2D eigenvalue weighted by Crippen LogP contribution is -2.36. The number of pyridine rings is 2. The third-order valence-corrected chi connectivity index (χ3v) is 5.73. The van der Waals surface area contributed by atoms with Crippen molar-refractivity contribution in [2.75, 3.05) is 6.54 Å². The van der Waals surface area contributed by atoms with E-state index < -0.39 is 48.5 Å². The standard InChI is InChI=1S/C24H17F5N4O2/c25-23(26)10-16(11-30)33(13-23)22(35)6-4-20(34)17-7-8-31-19-3-1-14(9-18(17)19)15-2-5-21(32-12-15)24(27,28)29/h1-3,5,7-9,12,16H,4,6,10,13H2/t16-/m0/s1. The minimum absolute atomic E-state index is 0.230. The molecule has 1 fully saturated rings. The normalized spacial score (nSPS) is 17.4. The Morgan fingerprint density at radius 3 is 2.49 bits per heavy atom. The molecule has 3 aromatic rings. The molecular weight excluding hydrogens is 471 g/mol. The van der Waals surface area contributed by atoms with Crippen LogP contribution in [0, 0.1) is 11.3 Å². The molecule has 1 atom stereocenters. The number of benzene rings is 1. The monoisotopic (exact) mass is 488 g/mol. The number of halogens is 5. The van der Waals surface area contributed by atoms with Crippen LogP contribution in [0.1, 0.15) is 35.3 Å². The molecule has 0 unspecified atom stereocenters. The van der Waals surface area contributed by atoms with E-state index in [1.807, 2.05) is 0 Å². The lowest BCUT2D eigenvalue weighted by Gasteiger charge is -2.18. The molecule has 180 valence electrons. The van der Waals surface area contributed by atoms with Gasteiger partial charge in [-0.1, -0.05) is 12.1 Å². The number of alkyl halides is 5. The molecule has 1 aliphatic rings. The Morgan fingerprint density at radius 2 is 1.83 bits per heavy atom. The zero-order chi connectivity index (χ0) is 25.4. The van der Waals surface area contributed by atoms with E-state index in [1.54, 1.807) is 24.3 Å². The molecule has 0 aliphatic carbocycles. The molecule has 6 nitrogen and oxygen atoms in total. The number of hydrogen-bond donors (Lipinski definition) is 0. The highest BCUT2D eigenvalue weighted by Gasteiger charge is 2.47. The summed E-state index contributed by atoms with van der Waals surface area (Å²) >= 11 is 0. The summed E-state index contributed by atoms with van der Waals surface area (Å²) in [4.78, 5) is 33.8. The molecular formula is C24H17F5N4O2. The van der Waals surface area contributed by atoms with Gasteiger partial charge in [-0.3, -0.25) is 19.6 Å². The molecule has 4 rings (SSSR count). The van der Waals surface area contributed by atoms with Gasteiger partial charge in [0.1, 0.15) is 11.7 Å². The topological polar surface area (TPSA) is 87.0 Å². The predicted octanol–water partition coefficient (Wildman–Crippen LogP) is 5.04. The highest BCUT2D eigenvalue weighted by atomic mass is 19.4. The second-order valence-corrected chi connectivity index (χ2v) is 8.17. The van der Waals surface area contributed by atoms with Crippen LogP contribution in [-0.2, 0) is 11.0 Å². The van der Waals surface area contributed by atoms with E-state index in [0.717, 1.165) is 17.2 Å². The van der Waals surface area contributed by atoms with Crippen LogP contribution < -0.4 is 0 Å². The van der Waals surface area contributed by atoms with E-state index in [9.17, 15) is 31.5 Å². The number of rotatable bonds is 5. The van der Waals surface area contributed by atoms with Crippen molar-refractivity contribution in [2.45, 2.75) is 37.4 Å². The number of nitrogens with zero attached hydrogens (tertiary/aromatic N) is 4. The van der Waals surface area contributed by atoms with Crippen LogP contribution in [0.15, 0.2) is 48.8 Å². The minimum Gasteiger partial charge on any atom is -0.320 e. The Morgan fingerprint density at radius 1 is 1.09 bits per heavy atom. The summed E-state index contributed by atoms with van der Waals surface area (Å²) in [5.41, 5.74) is 0.559. The van der Waals surface area contributed by atoms with Gasteiger partial charge in [-0.2, -0.15) is 18.4 Å². The lowest BCUT2D eigenvalue weighted by molar-refractivity contribution is -0.141. The molecule has 11 heteroatoms. The molecule has 0 saturated carbocycles. The van der Waals surface area contributed by atoms with E-state index in [0.29, 0.717) is 22.0 Å².